The molecule has 1 aromatic carbocycles. The maximum absolute atomic E-state index is 4.61. The fraction of sp³-hybridized carbons (Fsp3) is 0.200. The third kappa shape index (κ3) is 2.74. The Labute approximate surface area is 151 Å². The molecule has 0 unspecified atom stereocenters. The van der Waals surface area contributed by atoms with Crippen LogP contribution in [0, 0.1) is 32.6 Å². The van der Waals surface area contributed by atoms with Gasteiger partial charge < -0.3 is 4.57 Å². The third-order valence-electron chi connectivity index (χ3n) is 4.49. The summed E-state index contributed by atoms with van der Waals surface area (Å²) < 4.78 is 3.64. The van der Waals surface area contributed by atoms with E-state index in [2.05, 4.69) is 31.9 Å². The highest BCUT2D eigenvalue weighted by Gasteiger charge is 2.10. The minimum absolute atomic E-state index is 0.440. The first kappa shape index (κ1) is 16.0. The van der Waals surface area contributed by atoms with Crippen LogP contribution in [0.1, 0.15) is 28.6 Å². The molecule has 4 aromatic rings. The predicted molar refractivity (Wildman–Crippen MR) is 99.6 cm³/mol. The Morgan fingerprint density at radius 1 is 0.923 bits per heavy atom. The van der Waals surface area contributed by atoms with Crippen molar-refractivity contribution in [2.45, 2.75) is 20.8 Å². The first-order chi connectivity index (χ1) is 12.5. The monoisotopic (exact) mass is 342 g/mol. The van der Waals surface area contributed by atoms with Crippen LogP contribution < -0.4 is 0 Å². The highest BCUT2D eigenvalue weighted by molar-refractivity contribution is 5.59. The van der Waals surface area contributed by atoms with Crippen molar-refractivity contribution in [3.8, 4) is 23.1 Å². The van der Waals surface area contributed by atoms with Gasteiger partial charge in [-0.15, -0.1) is 5.10 Å². The van der Waals surface area contributed by atoms with E-state index in [0.29, 0.717) is 17.4 Å². The zero-order valence-corrected chi connectivity index (χ0v) is 15.1. The maximum atomic E-state index is 4.61. The van der Waals surface area contributed by atoms with Crippen LogP contribution in [-0.2, 0) is 7.05 Å². The van der Waals surface area contributed by atoms with Gasteiger partial charge in [-0.3, -0.25) is 0 Å². The fourth-order valence-corrected chi connectivity index (χ4v) is 2.75. The van der Waals surface area contributed by atoms with Gasteiger partial charge in [0.05, 0.1) is 5.69 Å². The molecule has 0 bridgehead atoms. The van der Waals surface area contributed by atoms with Gasteiger partial charge in [-0.25, -0.2) is 14.5 Å². The van der Waals surface area contributed by atoms with Gasteiger partial charge >= 0.3 is 0 Å². The summed E-state index contributed by atoms with van der Waals surface area (Å²) in [6.07, 6.45) is 1.97. The summed E-state index contributed by atoms with van der Waals surface area (Å²) >= 11 is 0. The molecule has 0 amide bonds. The van der Waals surface area contributed by atoms with Gasteiger partial charge in [0.15, 0.2) is 5.82 Å². The Balaban J connectivity index is 1.71. The van der Waals surface area contributed by atoms with Crippen LogP contribution >= 0.6 is 0 Å². The lowest BCUT2D eigenvalue weighted by molar-refractivity contribution is 0.864. The standard InChI is InChI=1S/C20H18N6/c1-13-14(2)21-20-23-18(24-26(20)15(13)3)10-11-19-22-17(12-25(19)4)16-8-6-5-7-9-16/h5-9,12H,1-4H3. The number of nitrogens with zero attached hydrogens (tertiary/aromatic N) is 6. The zero-order valence-electron chi connectivity index (χ0n) is 15.1. The quantitative estimate of drug-likeness (QED) is 0.499. The van der Waals surface area contributed by atoms with E-state index in [1.807, 2.05) is 68.9 Å². The smallest absolute Gasteiger partial charge is 0.253 e. The summed E-state index contributed by atoms with van der Waals surface area (Å²) in [4.78, 5) is 13.5. The molecule has 0 aliphatic heterocycles. The van der Waals surface area contributed by atoms with Gasteiger partial charge in [0.1, 0.15) is 0 Å². The Hall–Kier alpha value is -3.46. The molecule has 0 spiro atoms. The van der Waals surface area contributed by atoms with Gasteiger partial charge in [-0.05, 0) is 38.2 Å². The van der Waals surface area contributed by atoms with Crippen molar-refractivity contribution in [1.82, 2.24) is 29.1 Å². The molecule has 26 heavy (non-hydrogen) atoms. The summed E-state index contributed by atoms with van der Waals surface area (Å²) in [6, 6.07) is 10.0. The van der Waals surface area contributed by atoms with E-state index in [1.54, 1.807) is 4.52 Å². The average Bonchev–Trinajstić information content (AvgIpc) is 3.22. The molecular formula is C20H18N6. The van der Waals surface area contributed by atoms with Crippen molar-refractivity contribution in [1.29, 1.82) is 0 Å². The van der Waals surface area contributed by atoms with Gasteiger partial charge in [-0.2, -0.15) is 4.98 Å². The molecule has 0 aliphatic carbocycles. The molecule has 0 aliphatic rings. The van der Waals surface area contributed by atoms with E-state index in [9.17, 15) is 0 Å². The number of rotatable bonds is 1. The summed E-state index contributed by atoms with van der Waals surface area (Å²) in [7, 11) is 1.93. The van der Waals surface area contributed by atoms with Crippen molar-refractivity contribution in [3.05, 3.63) is 65.1 Å². The SMILES string of the molecule is Cc1nc2nc(C#Cc3nc(-c4ccccc4)cn3C)nn2c(C)c1C. The fourth-order valence-electron chi connectivity index (χ4n) is 2.75. The van der Waals surface area contributed by atoms with Crippen LogP contribution in [0.3, 0.4) is 0 Å². The van der Waals surface area contributed by atoms with Crippen LogP contribution in [0.25, 0.3) is 17.0 Å². The second-order valence-corrected chi connectivity index (χ2v) is 6.23. The molecule has 0 saturated heterocycles. The lowest BCUT2D eigenvalue weighted by atomic mass is 10.2. The second kappa shape index (κ2) is 6.12. The molecule has 6 heteroatoms. The van der Waals surface area contributed by atoms with Crippen LogP contribution in [0.15, 0.2) is 36.5 Å². The molecule has 0 fully saturated rings. The molecule has 3 heterocycles. The Bertz CT molecular complexity index is 1170. The summed E-state index contributed by atoms with van der Waals surface area (Å²) in [5, 5.41) is 4.46. The maximum Gasteiger partial charge on any atom is 0.253 e. The van der Waals surface area contributed by atoms with Gasteiger partial charge in [-0.1, -0.05) is 30.3 Å². The molecule has 0 atom stereocenters. The van der Waals surface area contributed by atoms with Crippen molar-refractivity contribution in [2.24, 2.45) is 7.05 Å². The van der Waals surface area contributed by atoms with E-state index in [-0.39, 0.29) is 0 Å². The number of hydrogen-bond acceptors (Lipinski definition) is 4. The molecule has 6 nitrogen and oxygen atoms in total. The van der Waals surface area contributed by atoms with Crippen LogP contribution in [0.2, 0.25) is 0 Å². The number of benzene rings is 1. The number of imidazole rings is 1. The molecule has 0 saturated carbocycles. The summed E-state index contributed by atoms with van der Waals surface area (Å²) in [5.74, 6) is 7.75. The van der Waals surface area contributed by atoms with Gasteiger partial charge in [0.2, 0.25) is 5.82 Å². The first-order valence-corrected chi connectivity index (χ1v) is 8.34. The van der Waals surface area contributed by atoms with Crippen LogP contribution in [0.5, 0.6) is 0 Å². The van der Waals surface area contributed by atoms with Crippen molar-refractivity contribution in [2.75, 3.05) is 0 Å². The second-order valence-electron chi connectivity index (χ2n) is 6.23. The number of fused-ring (bicyclic) bond motifs is 1. The molecule has 0 radical (unpaired) electrons. The minimum Gasteiger partial charge on any atom is -0.327 e. The lowest BCUT2D eigenvalue weighted by Crippen LogP contribution is -2.02. The average molecular weight is 342 g/mol. The summed E-state index contributed by atoms with van der Waals surface area (Å²) in [5.41, 5.74) is 5.05. The van der Waals surface area contributed by atoms with E-state index < -0.39 is 0 Å². The Kier molecular flexibility index (Phi) is 3.77. The van der Waals surface area contributed by atoms with Crippen molar-refractivity contribution in [3.63, 3.8) is 0 Å². The van der Waals surface area contributed by atoms with E-state index in [4.69, 9.17) is 0 Å². The first-order valence-electron chi connectivity index (χ1n) is 8.34. The number of aryl methyl sites for hydroxylation is 3. The van der Waals surface area contributed by atoms with Crippen molar-refractivity contribution < 1.29 is 0 Å². The van der Waals surface area contributed by atoms with E-state index in [0.717, 1.165) is 28.2 Å². The number of hydrogen-bond donors (Lipinski definition) is 0. The Morgan fingerprint density at radius 3 is 2.46 bits per heavy atom. The minimum atomic E-state index is 0.440. The van der Waals surface area contributed by atoms with Crippen LogP contribution in [0.4, 0.5) is 0 Å². The van der Waals surface area contributed by atoms with E-state index in [1.165, 1.54) is 0 Å². The summed E-state index contributed by atoms with van der Waals surface area (Å²) in [6.45, 7) is 6.01. The normalized spacial score (nSPS) is 10.8. The van der Waals surface area contributed by atoms with Crippen molar-refractivity contribution >= 4 is 5.78 Å². The van der Waals surface area contributed by atoms with Gasteiger partial charge in [0, 0.05) is 30.2 Å². The molecule has 128 valence electrons. The molecular weight excluding hydrogens is 324 g/mol. The predicted octanol–water partition coefficient (Wildman–Crippen LogP) is 2.85. The highest BCUT2D eigenvalue weighted by atomic mass is 15.3. The molecule has 4 rings (SSSR count). The Morgan fingerprint density at radius 2 is 1.69 bits per heavy atom. The zero-order chi connectivity index (χ0) is 18.3. The van der Waals surface area contributed by atoms with Gasteiger partial charge in [0.25, 0.3) is 5.78 Å². The lowest BCUT2D eigenvalue weighted by Gasteiger charge is -2.03. The number of aromatic nitrogens is 6. The van der Waals surface area contributed by atoms with Crippen LogP contribution in [-0.4, -0.2) is 29.1 Å². The van der Waals surface area contributed by atoms with E-state index >= 15 is 0 Å². The topological polar surface area (TPSA) is 60.9 Å². The molecule has 0 N–H and O–H groups in total. The molecule has 3 aromatic heterocycles. The highest BCUT2D eigenvalue weighted by Crippen LogP contribution is 2.17. The largest absolute Gasteiger partial charge is 0.327 e. The third-order valence-corrected chi connectivity index (χ3v) is 4.49.